The van der Waals surface area contributed by atoms with Gasteiger partial charge in [-0.2, -0.15) is 8.78 Å². The molecule has 1 aliphatic rings. The van der Waals surface area contributed by atoms with Crippen LogP contribution < -0.4 is 4.74 Å². The lowest BCUT2D eigenvalue weighted by Crippen LogP contribution is -2.60. The van der Waals surface area contributed by atoms with Crippen molar-refractivity contribution in [1.82, 2.24) is 4.90 Å². The van der Waals surface area contributed by atoms with Crippen LogP contribution in [-0.2, 0) is 24.1 Å². The minimum atomic E-state index is -3.43. The number of alkyl halides is 2. The van der Waals surface area contributed by atoms with Gasteiger partial charge in [-0.05, 0) is 47.9 Å². The maximum atomic E-state index is 14.4. The van der Waals surface area contributed by atoms with Gasteiger partial charge in [0.05, 0.1) is 6.61 Å². The second-order valence-electron chi connectivity index (χ2n) is 8.75. The maximum absolute atomic E-state index is 14.4. The predicted octanol–water partition coefficient (Wildman–Crippen LogP) is 5.18. The second-order valence-corrected chi connectivity index (χ2v) is 8.75. The first-order valence-electron chi connectivity index (χ1n) is 11.2. The highest BCUT2D eigenvalue weighted by molar-refractivity contribution is 5.99. The Labute approximate surface area is 204 Å². The third-order valence-electron chi connectivity index (χ3n) is 6.37. The number of aliphatic carboxylic acids is 1. The van der Waals surface area contributed by atoms with Crippen LogP contribution >= 0.6 is 0 Å². The van der Waals surface area contributed by atoms with Gasteiger partial charge in [0.25, 0.3) is 5.91 Å². The molecule has 0 spiro atoms. The second kappa shape index (κ2) is 10.0. The Morgan fingerprint density at radius 1 is 1.00 bits per heavy atom. The van der Waals surface area contributed by atoms with Crippen LogP contribution in [0.2, 0.25) is 0 Å². The minimum Gasteiger partial charge on any atom is -0.490 e. The fourth-order valence-corrected chi connectivity index (χ4v) is 4.54. The van der Waals surface area contributed by atoms with Gasteiger partial charge >= 0.3 is 12.5 Å². The molecular formula is C27H23F4NO4. The lowest BCUT2D eigenvalue weighted by atomic mass is 9.92. The van der Waals surface area contributed by atoms with Crippen molar-refractivity contribution in [3.05, 3.63) is 100 Å². The third kappa shape index (κ3) is 4.78. The number of fused-ring (bicyclic) bond motifs is 1. The van der Waals surface area contributed by atoms with Gasteiger partial charge in [-0.3, -0.25) is 9.69 Å². The smallest absolute Gasteiger partial charge is 0.330 e. The van der Waals surface area contributed by atoms with Crippen molar-refractivity contribution < 1.29 is 37.0 Å². The molecule has 0 saturated heterocycles. The van der Waals surface area contributed by atoms with Crippen LogP contribution in [0.3, 0.4) is 0 Å². The van der Waals surface area contributed by atoms with Crippen molar-refractivity contribution >= 4 is 11.9 Å². The normalized spacial score (nSPS) is 13.9. The van der Waals surface area contributed by atoms with E-state index in [0.717, 1.165) is 23.8 Å². The lowest BCUT2D eigenvalue weighted by Gasteiger charge is -2.37. The quantitative estimate of drug-likeness (QED) is 0.341. The van der Waals surface area contributed by atoms with Crippen LogP contribution in [0.15, 0.2) is 60.7 Å². The van der Waals surface area contributed by atoms with Crippen molar-refractivity contribution in [3.8, 4) is 5.75 Å². The Hall–Kier alpha value is -3.88. The summed E-state index contributed by atoms with van der Waals surface area (Å²) in [5.74, 6) is -4.51. The molecule has 36 heavy (non-hydrogen) atoms. The Morgan fingerprint density at radius 2 is 1.64 bits per heavy atom. The molecule has 0 aromatic heterocycles. The van der Waals surface area contributed by atoms with Gasteiger partial charge < -0.3 is 9.84 Å². The van der Waals surface area contributed by atoms with Crippen LogP contribution in [0.25, 0.3) is 0 Å². The molecule has 3 aromatic rings. The van der Waals surface area contributed by atoms with Gasteiger partial charge in [-0.1, -0.05) is 42.0 Å². The van der Waals surface area contributed by atoms with Crippen molar-refractivity contribution in [1.29, 1.82) is 0 Å². The van der Waals surface area contributed by atoms with Crippen molar-refractivity contribution in [3.63, 3.8) is 0 Å². The number of carboxylic acids is 1. The monoisotopic (exact) mass is 501 g/mol. The molecule has 1 N–H and O–H groups in total. The summed E-state index contributed by atoms with van der Waals surface area (Å²) in [5.41, 5.74) is -0.248. The molecule has 1 amide bonds. The molecule has 3 aromatic carbocycles. The molecular weight excluding hydrogens is 478 g/mol. The molecule has 0 atom stereocenters. The van der Waals surface area contributed by atoms with Crippen LogP contribution in [0.5, 0.6) is 5.75 Å². The van der Waals surface area contributed by atoms with E-state index < -0.39 is 35.6 Å². The lowest BCUT2D eigenvalue weighted by molar-refractivity contribution is -0.158. The first-order chi connectivity index (χ1) is 17.1. The zero-order valence-corrected chi connectivity index (χ0v) is 19.3. The zero-order valence-electron chi connectivity index (χ0n) is 19.3. The fraction of sp³-hybridized carbons (Fsp3) is 0.259. The summed E-state index contributed by atoms with van der Waals surface area (Å²) in [6, 6.07) is 14.0. The molecule has 0 unspecified atom stereocenters. The summed E-state index contributed by atoms with van der Waals surface area (Å²) >= 11 is 0. The van der Waals surface area contributed by atoms with Gasteiger partial charge in [-0.25, -0.2) is 13.6 Å². The number of aryl methyl sites for hydroxylation is 1. The number of hydrogen-bond acceptors (Lipinski definition) is 3. The number of rotatable bonds is 8. The number of halogens is 4. The molecule has 0 radical (unpaired) electrons. The van der Waals surface area contributed by atoms with E-state index in [1.807, 2.05) is 0 Å². The van der Waals surface area contributed by atoms with Crippen LogP contribution in [-0.4, -0.2) is 40.6 Å². The Bertz CT molecular complexity index is 1290. The summed E-state index contributed by atoms with van der Waals surface area (Å²) in [4.78, 5) is 25.6. The summed E-state index contributed by atoms with van der Waals surface area (Å²) in [5, 5.41) is 9.97. The third-order valence-corrected chi connectivity index (χ3v) is 6.37. The number of carboxylic acid groups (broad SMARTS) is 1. The SMILES string of the molecule is Cc1ccc(F)c(CCOc2cc(C(=O)N(C(F)F)C3(C(=O)O)Cc4ccccc4C3)ccc2F)c1. The Morgan fingerprint density at radius 3 is 2.25 bits per heavy atom. The topological polar surface area (TPSA) is 66.8 Å². The molecule has 188 valence electrons. The molecule has 1 aliphatic carbocycles. The standard InChI is InChI=1S/C27H23F4NO4/c1-16-6-8-21(28)17(12-16)10-11-36-23-13-18(7-9-22(23)29)24(33)32(26(30)31)27(25(34)35)14-19-4-2-3-5-20(19)15-27/h2-9,12-13,26H,10-11,14-15H2,1H3,(H,34,35). The van der Waals surface area contributed by atoms with E-state index in [0.29, 0.717) is 16.7 Å². The van der Waals surface area contributed by atoms with E-state index in [2.05, 4.69) is 0 Å². The van der Waals surface area contributed by atoms with Crippen LogP contribution in [0.4, 0.5) is 17.6 Å². The van der Waals surface area contributed by atoms with Gasteiger partial charge in [0.2, 0.25) is 0 Å². The molecule has 0 bridgehead atoms. The van der Waals surface area contributed by atoms with Gasteiger partial charge in [0.1, 0.15) is 5.82 Å². The molecule has 5 nitrogen and oxygen atoms in total. The number of hydrogen-bond donors (Lipinski definition) is 1. The fourth-order valence-electron chi connectivity index (χ4n) is 4.54. The van der Waals surface area contributed by atoms with E-state index >= 15 is 0 Å². The Kier molecular flexibility index (Phi) is 7.01. The largest absolute Gasteiger partial charge is 0.490 e. The van der Waals surface area contributed by atoms with E-state index in [4.69, 9.17) is 4.74 Å². The summed E-state index contributed by atoms with van der Waals surface area (Å²) in [6.45, 7) is -1.77. The number of ether oxygens (including phenoxy) is 1. The summed E-state index contributed by atoms with van der Waals surface area (Å²) in [7, 11) is 0. The maximum Gasteiger partial charge on any atom is 0.330 e. The predicted molar refractivity (Wildman–Crippen MR) is 123 cm³/mol. The molecule has 0 fully saturated rings. The number of carbonyl (C=O) groups is 2. The van der Waals surface area contributed by atoms with E-state index in [9.17, 15) is 32.3 Å². The van der Waals surface area contributed by atoms with Crippen molar-refractivity contribution in [2.45, 2.75) is 38.3 Å². The van der Waals surface area contributed by atoms with Gasteiger partial charge in [-0.15, -0.1) is 0 Å². The van der Waals surface area contributed by atoms with E-state index in [-0.39, 0.29) is 42.1 Å². The van der Waals surface area contributed by atoms with E-state index in [1.165, 1.54) is 6.07 Å². The van der Waals surface area contributed by atoms with Crippen molar-refractivity contribution in [2.24, 2.45) is 0 Å². The number of carbonyl (C=O) groups excluding carboxylic acids is 1. The summed E-state index contributed by atoms with van der Waals surface area (Å²) in [6.07, 6.45) is -0.475. The van der Waals surface area contributed by atoms with Gasteiger partial charge in [0, 0.05) is 24.8 Å². The average Bonchev–Trinajstić information content (AvgIpc) is 3.22. The number of nitrogens with zero attached hydrogens (tertiary/aromatic N) is 1. The highest BCUT2D eigenvalue weighted by Gasteiger charge is 2.54. The number of amides is 1. The molecule has 0 saturated carbocycles. The van der Waals surface area contributed by atoms with E-state index in [1.54, 1.807) is 43.3 Å². The average molecular weight is 501 g/mol. The molecule has 0 aliphatic heterocycles. The zero-order chi connectivity index (χ0) is 26.0. The highest BCUT2D eigenvalue weighted by atomic mass is 19.3. The first kappa shape index (κ1) is 25.2. The molecule has 0 heterocycles. The van der Waals surface area contributed by atoms with Crippen LogP contribution in [0, 0.1) is 18.6 Å². The highest BCUT2D eigenvalue weighted by Crippen LogP contribution is 2.38. The summed E-state index contributed by atoms with van der Waals surface area (Å²) < 4.78 is 62.3. The van der Waals surface area contributed by atoms with Crippen LogP contribution in [0.1, 0.15) is 32.6 Å². The molecule has 9 heteroatoms. The van der Waals surface area contributed by atoms with Gasteiger partial charge in [0.15, 0.2) is 17.1 Å². The molecule has 4 rings (SSSR count). The Balaban J connectivity index is 1.58. The first-order valence-corrected chi connectivity index (χ1v) is 11.2. The minimum absolute atomic E-state index is 0.0501. The number of benzene rings is 3. The van der Waals surface area contributed by atoms with Crippen molar-refractivity contribution in [2.75, 3.05) is 6.61 Å².